The molecule has 4 N–H and O–H groups in total. The van der Waals surface area contributed by atoms with Gasteiger partial charge in [0.05, 0.1) is 17.6 Å². The average molecular weight is 278 g/mol. The van der Waals surface area contributed by atoms with E-state index in [-0.39, 0.29) is 12.5 Å². The van der Waals surface area contributed by atoms with Crippen molar-refractivity contribution in [3.63, 3.8) is 0 Å². The summed E-state index contributed by atoms with van der Waals surface area (Å²) in [5.41, 5.74) is 4.72. The molecular weight excluding hydrogens is 252 g/mol. The van der Waals surface area contributed by atoms with Gasteiger partial charge in [0.2, 0.25) is 5.91 Å². The van der Waals surface area contributed by atoms with Crippen molar-refractivity contribution in [2.75, 3.05) is 6.61 Å². The largest absolute Gasteiger partial charge is 0.394 e. The molecule has 1 amide bonds. The second kappa shape index (κ2) is 5.54. The Morgan fingerprint density at radius 3 is 2.05 bits per heavy atom. The summed E-state index contributed by atoms with van der Waals surface area (Å²) in [4.78, 5) is 12.6. The third kappa shape index (κ3) is 3.19. The number of amides is 1. The van der Waals surface area contributed by atoms with Gasteiger partial charge in [-0.15, -0.1) is 0 Å². The van der Waals surface area contributed by atoms with E-state index in [0.29, 0.717) is 0 Å². The quantitative estimate of drug-likeness (QED) is 0.768. The second-order valence-corrected chi connectivity index (χ2v) is 6.66. The molecule has 0 saturated heterocycles. The SMILES string of the molecule is CC(CO)(NC(=O)C(C)(C)C(C)(C)N)c1ccccc1. The number of carbonyl (C=O) groups excluding carboxylic acids is 1. The van der Waals surface area contributed by atoms with Gasteiger partial charge in [0.25, 0.3) is 0 Å². The molecule has 1 unspecified atom stereocenters. The molecule has 0 bridgehead atoms. The standard InChI is InChI=1S/C16H26N2O2/c1-14(2,15(3,4)17)13(20)18-16(5,11-19)12-9-7-6-8-10-12/h6-10,19H,11,17H2,1-5H3,(H,18,20). The highest BCUT2D eigenvalue weighted by molar-refractivity contribution is 5.84. The van der Waals surface area contributed by atoms with E-state index in [1.165, 1.54) is 0 Å². The van der Waals surface area contributed by atoms with Crippen LogP contribution in [0.1, 0.15) is 40.2 Å². The van der Waals surface area contributed by atoms with E-state index in [9.17, 15) is 9.90 Å². The number of benzene rings is 1. The summed E-state index contributed by atoms with van der Waals surface area (Å²) < 4.78 is 0. The van der Waals surface area contributed by atoms with E-state index in [1.54, 1.807) is 6.92 Å². The molecular formula is C16H26N2O2. The van der Waals surface area contributed by atoms with Crippen molar-refractivity contribution in [2.24, 2.45) is 11.1 Å². The van der Waals surface area contributed by atoms with Gasteiger partial charge in [-0.25, -0.2) is 0 Å². The Hall–Kier alpha value is -1.39. The number of carbonyl (C=O) groups is 1. The average Bonchev–Trinajstić information content (AvgIpc) is 2.38. The molecule has 4 nitrogen and oxygen atoms in total. The molecule has 0 fully saturated rings. The number of hydrogen-bond acceptors (Lipinski definition) is 3. The van der Waals surface area contributed by atoms with Crippen LogP contribution < -0.4 is 11.1 Å². The summed E-state index contributed by atoms with van der Waals surface area (Å²) >= 11 is 0. The molecule has 0 aliphatic rings. The zero-order chi connectivity index (χ0) is 15.6. The van der Waals surface area contributed by atoms with Gasteiger partial charge in [0.15, 0.2) is 0 Å². The molecule has 1 rings (SSSR count). The van der Waals surface area contributed by atoms with Crippen LogP contribution in [0.25, 0.3) is 0 Å². The minimum absolute atomic E-state index is 0.176. The Labute approximate surface area is 121 Å². The van der Waals surface area contributed by atoms with Gasteiger partial charge in [-0.05, 0) is 40.2 Å². The van der Waals surface area contributed by atoms with Crippen LogP contribution in [0.4, 0.5) is 0 Å². The van der Waals surface area contributed by atoms with Crippen LogP contribution in [0.5, 0.6) is 0 Å². The Morgan fingerprint density at radius 1 is 1.15 bits per heavy atom. The highest BCUT2D eigenvalue weighted by Gasteiger charge is 2.43. The minimum Gasteiger partial charge on any atom is -0.394 e. The van der Waals surface area contributed by atoms with Crippen molar-refractivity contribution >= 4 is 5.91 Å². The van der Waals surface area contributed by atoms with Crippen LogP contribution in [0, 0.1) is 5.41 Å². The first-order valence-corrected chi connectivity index (χ1v) is 6.82. The molecule has 0 spiro atoms. The molecule has 1 aromatic carbocycles. The van der Waals surface area contributed by atoms with Crippen molar-refractivity contribution in [2.45, 2.75) is 45.7 Å². The van der Waals surface area contributed by atoms with Crippen LogP contribution in [-0.2, 0) is 10.3 Å². The third-order valence-corrected chi connectivity index (χ3v) is 4.30. The second-order valence-electron chi connectivity index (χ2n) is 6.66. The Kier molecular flexibility index (Phi) is 4.62. The number of nitrogens with one attached hydrogen (secondary N) is 1. The van der Waals surface area contributed by atoms with Crippen LogP contribution in [0.3, 0.4) is 0 Å². The third-order valence-electron chi connectivity index (χ3n) is 4.30. The molecule has 0 aliphatic carbocycles. The van der Waals surface area contributed by atoms with Crippen molar-refractivity contribution in [3.05, 3.63) is 35.9 Å². The van der Waals surface area contributed by atoms with Gasteiger partial charge >= 0.3 is 0 Å². The molecule has 1 aromatic rings. The lowest BCUT2D eigenvalue weighted by Gasteiger charge is -2.40. The Morgan fingerprint density at radius 2 is 1.65 bits per heavy atom. The number of aliphatic hydroxyl groups is 1. The number of nitrogens with two attached hydrogens (primary N) is 1. The van der Waals surface area contributed by atoms with Crippen molar-refractivity contribution in [3.8, 4) is 0 Å². The maximum Gasteiger partial charge on any atom is 0.228 e. The molecule has 0 saturated carbocycles. The fraction of sp³-hybridized carbons (Fsp3) is 0.562. The number of rotatable bonds is 5. The first-order chi connectivity index (χ1) is 9.04. The zero-order valence-electron chi connectivity index (χ0n) is 13.0. The highest BCUT2D eigenvalue weighted by atomic mass is 16.3. The molecule has 0 aromatic heterocycles. The van der Waals surface area contributed by atoms with E-state index < -0.39 is 16.5 Å². The number of aliphatic hydroxyl groups excluding tert-OH is 1. The predicted octanol–water partition coefficient (Wildman–Crippen LogP) is 1.77. The van der Waals surface area contributed by atoms with Crippen molar-refractivity contribution in [1.82, 2.24) is 5.32 Å². The first kappa shape index (κ1) is 16.7. The Bertz CT molecular complexity index is 463. The lowest BCUT2D eigenvalue weighted by atomic mass is 9.74. The fourth-order valence-electron chi connectivity index (χ4n) is 1.71. The van der Waals surface area contributed by atoms with E-state index in [1.807, 2.05) is 58.0 Å². The van der Waals surface area contributed by atoms with Gasteiger partial charge in [-0.1, -0.05) is 30.3 Å². The molecule has 0 heterocycles. The summed E-state index contributed by atoms with van der Waals surface area (Å²) in [6.45, 7) is 8.90. The maximum atomic E-state index is 12.6. The normalized spacial score (nSPS) is 15.6. The molecule has 20 heavy (non-hydrogen) atoms. The van der Waals surface area contributed by atoms with E-state index in [0.717, 1.165) is 5.56 Å². The summed E-state index contributed by atoms with van der Waals surface area (Å²) in [6.07, 6.45) is 0. The van der Waals surface area contributed by atoms with Gasteiger partial charge in [0, 0.05) is 5.54 Å². The minimum atomic E-state index is -0.819. The summed E-state index contributed by atoms with van der Waals surface area (Å²) in [5.74, 6) is -0.176. The summed E-state index contributed by atoms with van der Waals surface area (Å²) in [7, 11) is 0. The van der Waals surface area contributed by atoms with Crippen LogP contribution in [0.2, 0.25) is 0 Å². The van der Waals surface area contributed by atoms with E-state index >= 15 is 0 Å². The van der Waals surface area contributed by atoms with Crippen molar-refractivity contribution < 1.29 is 9.90 Å². The molecule has 0 aliphatic heterocycles. The first-order valence-electron chi connectivity index (χ1n) is 6.82. The molecule has 0 radical (unpaired) electrons. The monoisotopic (exact) mass is 278 g/mol. The van der Waals surface area contributed by atoms with E-state index in [2.05, 4.69) is 5.32 Å². The molecule has 1 atom stereocenters. The van der Waals surface area contributed by atoms with Crippen LogP contribution >= 0.6 is 0 Å². The lowest BCUT2D eigenvalue weighted by molar-refractivity contribution is -0.134. The molecule has 4 heteroatoms. The predicted molar refractivity (Wildman–Crippen MR) is 81.1 cm³/mol. The highest BCUT2D eigenvalue weighted by Crippen LogP contribution is 2.30. The van der Waals surface area contributed by atoms with Gasteiger partial charge in [-0.3, -0.25) is 4.79 Å². The fourth-order valence-corrected chi connectivity index (χ4v) is 1.71. The van der Waals surface area contributed by atoms with E-state index in [4.69, 9.17) is 5.73 Å². The summed E-state index contributed by atoms with van der Waals surface area (Å²) in [6, 6.07) is 9.44. The number of hydrogen-bond donors (Lipinski definition) is 3. The molecule has 112 valence electrons. The van der Waals surface area contributed by atoms with Crippen LogP contribution in [-0.4, -0.2) is 23.2 Å². The van der Waals surface area contributed by atoms with Crippen molar-refractivity contribution in [1.29, 1.82) is 0 Å². The van der Waals surface area contributed by atoms with Gasteiger partial charge < -0.3 is 16.2 Å². The van der Waals surface area contributed by atoms with Gasteiger partial charge in [0.1, 0.15) is 0 Å². The topological polar surface area (TPSA) is 75.3 Å². The lowest BCUT2D eigenvalue weighted by Crippen LogP contribution is -2.59. The summed E-state index contributed by atoms with van der Waals surface area (Å²) in [5, 5.41) is 12.6. The Balaban J connectivity index is 3.03. The van der Waals surface area contributed by atoms with Gasteiger partial charge in [-0.2, -0.15) is 0 Å². The smallest absolute Gasteiger partial charge is 0.228 e. The van der Waals surface area contributed by atoms with Crippen LogP contribution in [0.15, 0.2) is 30.3 Å². The zero-order valence-corrected chi connectivity index (χ0v) is 13.0. The maximum absolute atomic E-state index is 12.6.